The summed E-state index contributed by atoms with van der Waals surface area (Å²) in [5.41, 5.74) is 0. The average molecular weight is 261 g/mol. The van der Waals surface area contributed by atoms with Crippen molar-refractivity contribution in [2.75, 3.05) is 0 Å². The molecule has 0 aliphatic carbocycles. The van der Waals surface area contributed by atoms with E-state index in [0.29, 0.717) is 6.54 Å². The number of thioether (sulfide) groups is 1. The zero-order valence-electron chi connectivity index (χ0n) is 10.1. The molecule has 0 bridgehead atoms. The predicted molar refractivity (Wildman–Crippen MR) is 72.3 cm³/mol. The minimum Gasteiger partial charge on any atom is -0.467 e. The fourth-order valence-electron chi connectivity index (χ4n) is 1.49. The quantitative estimate of drug-likeness (QED) is 0.841. The van der Waals surface area contributed by atoms with E-state index in [-0.39, 0.29) is 11.2 Å². The van der Waals surface area contributed by atoms with E-state index < -0.39 is 0 Å². The number of rotatable bonds is 5. The van der Waals surface area contributed by atoms with Gasteiger partial charge in [0, 0.05) is 4.90 Å². The molecule has 2 rings (SSSR count). The highest BCUT2D eigenvalue weighted by atomic mass is 32.2. The van der Waals surface area contributed by atoms with E-state index >= 15 is 0 Å². The number of hydrogen-bond donors (Lipinski definition) is 1. The monoisotopic (exact) mass is 261 g/mol. The molecule has 1 amide bonds. The highest BCUT2D eigenvalue weighted by Crippen LogP contribution is 2.22. The highest BCUT2D eigenvalue weighted by molar-refractivity contribution is 8.00. The van der Waals surface area contributed by atoms with Crippen molar-refractivity contribution in [3.05, 3.63) is 54.5 Å². The van der Waals surface area contributed by atoms with Gasteiger partial charge >= 0.3 is 0 Å². The normalized spacial score (nSPS) is 12.1. The Labute approximate surface area is 111 Å². The maximum absolute atomic E-state index is 11.9. The van der Waals surface area contributed by atoms with Gasteiger partial charge < -0.3 is 9.73 Å². The van der Waals surface area contributed by atoms with Crippen LogP contribution < -0.4 is 5.32 Å². The van der Waals surface area contributed by atoms with Gasteiger partial charge in [0.2, 0.25) is 5.91 Å². The van der Waals surface area contributed by atoms with Crippen LogP contribution in [0, 0.1) is 0 Å². The van der Waals surface area contributed by atoms with Gasteiger partial charge in [-0.3, -0.25) is 4.79 Å². The van der Waals surface area contributed by atoms with Crippen molar-refractivity contribution in [2.24, 2.45) is 0 Å². The van der Waals surface area contributed by atoms with Crippen molar-refractivity contribution in [3.8, 4) is 0 Å². The Morgan fingerprint density at radius 3 is 2.72 bits per heavy atom. The molecule has 1 unspecified atom stereocenters. The molecule has 2 aromatic rings. The Morgan fingerprint density at radius 1 is 1.28 bits per heavy atom. The zero-order valence-corrected chi connectivity index (χ0v) is 10.9. The van der Waals surface area contributed by atoms with E-state index in [9.17, 15) is 4.79 Å². The van der Waals surface area contributed by atoms with Crippen LogP contribution in [0.4, 0.5) is 0 Å². The number of benzene rings is 1. The molecule has 1 aromatic heterocycles. The molecule has 3 nitrogen and oxygen atoms in total. The first-order chi connectivity index (χ1) is 8.75. The molecule has 0 spiro atoms. The molecule has 94 valence electrons. The van der Waals surface area contributed by atoms with Crippen molar-refractivity contribution in [1.29, 1.82) is 0 Å². The van der Waals surface area contributed by atoms with Gasteiger partial charge in [-0.25, -0.2) is 0 Å². The second-order valence-corrected chi connectivity index (χ2v) is 5.28. The predicted octanol–water partition coefficient (Wildman–Crippen LogP) is 3.08. The van der Waals surface area contributed by atoms with Gasteiger partial charge in [-0.2, -0.15) is 0 Å². The van der Waals surface area contributed by atoms with Crippen molar-refractivity contribution in [3.63, 3.8) is 0 Å². The molecule has 0 aliphatic heterocycles. The minimum atomic E-state index is -0.123. The molecule has 1 atom stereocenters. The summed E-state index contributed by atoms with van der Waals surface area (Å²) < 4.78 is 5.16. The van der Waals surface area contributed by atoms with Crippen LogP contribution in [0.2, 0.25) is 0 Å². The van der Waals surface area contributed by atoms with Crippen LogP contribution in [0.3, 0.4) is 0 Å². The van der Waals surface area contributed by atoms with E-state index in [1.165, 1.54) is 0 Å². The molecule has 0 fully saturated rings. The molecular formula is C14H15NO2S. The number of carbonyl (C=O) groups excluding carboxylic acids is 1. The van der Waals surface area contributed by atoms with Crippen LogP contribution >= 0.6 is 11.8 Å². The summed E-state index contributed by atoms with van der Waals surface area (Å²) >= 11 is 1.55. The van der Waals surface area contributed by atoms with E-state index in [0.717, 1.165) is 10.7 Å². The van der Waals surface area contributed by atoms with E-state index in [4.69, 9.17) is 4.42 Å². The molecule has 1 aromatic carbocycles. The Kier molecular flexibility index (Phi) is 4.47. The minimum absolute atomic E-state index is 0.0141. The maximum atomic E-state index is 11.9. The largest absolute Gasteiger partial charge is 0.467 e. The van der Waals surface area contributed by atoms with Crippen LogP contribution in [-0.4, -0.2) is 11.2 Å². The summed E-state index contributed by atoms with van der Waals surface area (Å²) in [4.78, 5) is 13.0. The lowest BCUT2D eigenvalue weighted by molar-refractivity contribution is -0.120. The van der Waals surface area contributed by atoms with E-state index in [2.05, 4.69) is 5.32 Å². The summed E-state index contributed by atoms with van der Waals surface area (Å²) in [6.45, 7) is 2.33. The Bertz CT molecular complexity index is 482. The first-order valence-corrected chi connectivity index (χ1v) is 6.65. The molecule has 4 heteroatoms. The van der Waals surface area contributed by atoms with Crippen molar-refractivity contribution in [2.45, 2.75) is 23.6 Å². The molecule has 0 saturated heterocycles. The van der Waals surface area contributed by atoms with Crippen molar-refractivity contribution >= 4 is 17.7 Å². The lowest BCUT2D eigenvalue weighted by atomic mass is 10.4. The van der Waals surface area contributed by atoms with Gasteiger partial charge in [-0.1, -0.05) is 18.2 Å². The molecular weight excluding hydrogens is 246 g/mol. The Hall–Kier alpha value is -1.68. The van der Waals surface area contributed by atoms with Crippen LogP contribution in [0.25, 0.3) is 0 Å². The third kappa shape index (κ3) is 3.67. The van der Waals surface area contributed by atoms with Crippen LogP contribution in [0.1, 0.15) is 12.7 Å². The first kappa shape index (κ1) is 12.8. The summed E-state index contributed by atoms with van der Waals surface area (Å²) in [6.07, 6.45) is 1.60. The number of nitrogens with one attached hydrogen (secondary N) is 1. The number of furan rings is 1. The molecule has 18 heavy (non-hydrogen) atoms. The number of hydrogen-bond acceptors (Lipinski definition) is 3. The summed E-state index contributed by atoms with van der Waals surface area (Å²) in [6, 6.07) is 13.6. The van der Waals surface area contributed by atoms with Crippen LogP contribution in [0.15, 0.2) is 58.0 Å². The molecule has 1 N–H and O–H groups in total. The van der Waals surface area contributed by atoms with Gasteiger partial charge in [-0.15, -0.1) is 11.8 Å². The van der Waals surface area contributed by atoms with Gasteiger partial charge in [0.1, 0.15) is 5.76 Å². The van der Waals surface area contributed by atoms with Gasteiger partial charge in [0.25, 0.3) is 0 Å². The molecule has 1 heterocycles. The molecule has 0 saturated carbocycles. The molecule has 0 aliphatic rings. The zero-order chi connectivity index (χ0) is 12.8. The van der Waals surface area contributed by atoms with Gasteiger partial charge in [0.05, 0.1) is 18.1 Å². The average Bonchev–Trinajstić information content (AvgIpc) is 2.90. The van der Waals surface area contributed by atoms with Crippen LogP contribution in [0.5, 0.6) is 0 Å². The SMILES string of the molecule is CC(Sc1ccccc1)C(=O)NCc1ccco1. The van der Waals surface area contributed by atoms with E-state index in [1.54, 1.807) is 18.0 Å². The van der Waals surface area contributed by atoms with Crippen molar-refractivity contribution in [1.82, 2.24) is 5.32 Å². The van der Waals surface area contributed by atoms with Crippen LogP contribution in [-0.2, 0) is 11.3 Å². The Balaban J connectivity index is 1.82. The summed E-state index contributed by atoms with van der Waals surface area (Å²) in [5, 5.41) is 2.73. The van der Waals surface area contributed by atoms with Gasteiger partial charge in [0.15, 0.2) is 0 Å². The fraction of sp³-hybridized carbons (Fsp3) is 0.214. The highest BCUT2D eigenvalue weighted by Gasteiger charge is 2.14. The third-order valence-electron chi connectivity index (χ3n) is 2.44. The Morgan fingerprint density at radius 2 is 2.06 bits per heavy atom. The fourth-order valence-corrected chi connectivity index (χ4v) is 2.40. The second-order valence-electron chi connectivity index (χ2n) is 3.87. The number of carbonyl (C=O) groups is 1. The van der Waals surface area contributed by atoms with Gasteiger partial charge in [-0.05, 0) is 31.2 Å². The third-order valence-corrected chi connectivity index (χ3v) is 3.55. The lowest BCUT2D eigenvalue weighted by Gasteiger charge is -2.11. The summed E-state index contributed by atoms with van der Waals surface area (Å²) in [5.74, 6) is 0.778. The number of amides is 1. The topological polar surface area (TPSA) is 42.2 Å². The molecule has 0 radical (unpaired) electrons. The lowest BCUT2D eigenvalue weighted by Crippen LogP contribution is -2.30. The smallest absolute Gasteiger partial charge is 0.233 e. The second kappa shape index (κ2) is 6.31. The van der Waals surface area contributed by atoms with E-state index in [1.807, 2.05) is 49.4 Å². The standard InChI is InChI=1S/C14H15NO2S/c1-11(18-13-7-3-2-4-8-13)14(16)15-10-12-6-5-9-17-12/h2-9,11H,10H2,1H3,(H,15,16). The van der Waals surface area contributed by atoms with Crippen molar-refractivity contribution < 1.29 is 9.21 Å². The summed E-state index contributed by atoms with van der Waals surface area (Å²) in [7, 11) is 0. The first-order valence-electron chi connectivity index (χ1n) is 5.77. The maximum Gasteiger partial charge on any atom is 0.233 e.